The molecule has 6 nitrogen and oxygen atoms in total. The van der Waals surface area contributed by atoms with Gasteiger partial charge < -0.3 is 9.84 Å². The van der Waals surface area contributed by atoms with Crippen LogP contribution in [0.5, 0.6) is 11.5 Å². The van der Waals surface area contributed by atoms with Crippen LogP contribution in [0, 0.1) is 6.92 Å². The van der Waals surface area contributed by atoms with Crippen molar-refractivity contribution in [2.75, 3.05) is 6.61 Å². The van der Waals surface area contributed by atoms with Crippen molar-refractivity contribution in [1.29, 1.82) is 0 Å². The molecule has 33 heavy (non-hydrogen) atoms. The quantitative estimate of drug-likeness (QED) is 0.358. The number of aryl methyl sites for hydroxylation is 1. The lowest BCUT2D eigenvalue weighted by molar-refractivity contribution is 0.0921. The van der Waals surface area contributed by atoms with Gasteiger partial charge in [-0.25, -0.2) is 0 Å². The maximum absolute atomic E-state index is 13.1. The largest absolute Gasteiger partial charge is 0.507 e. The summed E-state index contributed by atoms with van der Waals surface area (Å²) in [4.78, 5) is 14.6. The van der Waals surface area contributed by atoms with E-state index in [9.17, 15) is 9.90 Å². The number of fused-ring (bicyclic) bond motifs is 1. The van der Waals surface area contributed by atoms with E-state index in [2.05, 4.69) is 10.2 Å². The minimum Gasteiger partial charge on any atom is -0.507 e. The molecule has 0 atom stereocenters. The summed E-state index contributed by atoms with van der Waals surface area (Å²) in [6.07, 6.45) is 0. The number of benzene rings is 3. The molecule has 0 bridgehead atoms. The van der Waals surface area contributed by atoms with Crippen LogP contribution in [-0.4, -0.2) is 32.5 Å². The lowest BCUT2D eigenvalue weighted by Crippen LogP contribution is -2.14. The SMILES string of the molecule is Cc1ccc(OCC(=O)c2cc(C(C)C)c(O)c(C(C)C)c2)c(-n2nc3ccccc3n2)c1. The number of phenols is 1. The van der Waals surface area contributed by atoms with Gasteiger partial charge in [0, 0.05) is 5.56 Å². The van der Waals surface area contributed by atoms with Gasteiger partial charge in [-0.05, 0) is 71.8 Å². The molecule has 0 aliphatic rings. The van der Waals surface area contributed by atoms with Gasteiger partial charge in [0.25, 0.3) is 0 Å². The fourth-order valence-corrected chi connectivity index (χ4v) is 3.82. The minimum atomic E-state index is -0.149. The Labute approximate surface area is 193 Å². The number of ketones is 1. The van der Waals surface area contributed by atoms with E-state index in [0.717, 1.165) is 27.7 Å². The van der Waals surface area contributed by atoms with Gasteiger partial charge in [-0.3, -0.25) is 4.79 Å². The molecule has 1 heterocycles. The highest BCUT2D eigenvalue weighted by Gasteiger charge is 2.19. The molecule has 0 saturated carbocycles. The van der Waals surface area contributed by atoms with E-state index in [1.165, 1.54) is 0 Å². The molecule has 0 unspecified atom stereocenters. The first kappa shape index (κ1) is 22.5. The Balaban J connectivity index is 1.63. The zero-order valence-corrected chi connectivity index (χ0v) is 19.7. The second kappa shape index (κ2) is 9.06. The average Bonchev–Trinajstić information content (AvgIpc) is 3.22. The Hall–Kier alpha value is -3.67. The number of aromatic hydroxyl groups is 1. The first-order chi connectivity index (χ1) is 15.7. The van der Waals surface area contributed by atoms with Crippen molar-refractivity contribution in [1.82, 2.24) is 15.0 Å². The number of rotatable bonds is 7. The summed E-state index contributed by atoms with van der Waals surface area (Å²) in [5.41, 5.74) is 5.36. The summed E-state index contributed by atoms with van der Waals surface area (Å²) in [6, 6.07) is 16.9. The van der Waals surface area contributed by atoms with E-state index in [0.29, 0.717) is 17.0 Å². The Bertz CT molecular complexity index is 1260. The molecule has 170 valence electrons. The summed E-state index contributed by atoms with van der Waals surface area (Å²) in [7, 11) is 0. The van der Waals surface area contributed by atoms with Crippen molar-refractivity contribution in [2.24, 2.45) is 0 Å². The molecular formula is C27H29N3O3. The lowest BCUT2D eigenvalue weighted by atomic mass is 9.90. The van der Waals surface area contributed by atoms with Crippen molar-refractivity contribution >= 4 is 16.8 Å². The Morgan fingerprint density at radius 1 is 0.939 bits per heavy atom. The fraction of sp³-hybridized carbons (Fsp3) is 0.296. The number of aromatic nitrogens is 3. The predicted molar refractivity (Wildman–Crippen MR) is 130 cm³/mol. The third-order valence-corrected chi connectivity index (χ3v) is 5.71. The summed E-state index contributed by atoms with van der Waals surface area (Å²) >= 11 is 0. The molecule has 4 aromatic rings. The van der Waals surface area contributed by atoms with E-state index in [1.807, 2.05) is 77.1 Å². The first-order valence-corrected chi connectivity index (χ1v) is 11.2. The van der Waals surface area contributed by atoms with E-state index in [1.54, 1.807) is 16.9 Å². The molecule has 0 radical (unpaired) electrons. The fourth-order valence-electron chi connectivity index (χ4n) is 3.82. The molecule has 6 heteroatoms. The van der Waals surface area contributed by atoms with Crippen LogP contribution in [0.15, 0.2) is 54.6 Å². The molecule has 0 spiro atoms. The smallest absolute Gasteiger partial charge is 0.200 e. The second-order valence-corrected chi connectivity index (χ2v) is 8.97. The number of hydrogen-bond acceptors (Lipinski definition) is 5. The normalized spacial score (nSPS) is 11.5. The highest BCUT2D eigenvalue weighted by molar-refractivity contribution is 5.98. The standard InChI is InChI=1S/C27H29N3O3/c1-16(2)20-13-19(14-21(17(3)4)27(20)32)25(31)15-33-26-11-10-18(5)12-24(26)30-28-22-8-6-7-9-23(22)29-30/h6-14,16-17,32H,15H2,1-5H3. The van der Waals surface area contributed by atoms with Crippen molar-refractivity contribution < 1.29 is 14.6 Å². The zero-order valence-electron chi connectivity index (χ0n) is 19.7. The maximum Gasteiger partial charge on any atom is 0.200 e. The third kappa shape index (κ3) is 4.60. The Morgan fingerprint density at radius 3 is 2.06 bits per heavy atom. The third-order valence-electron chi connectivity index (χ3n) is 5.71. The molecule has 4 rings (SSSR count). The van der Waals surface area contributed by atoms with Gasteiger partial charge in [0.2, 0.25) is 0 Å². The first-order valence-electron chi connectivity index (χ1n) is 11.2. The van der Waals surface area contributed by atoms with Gasteiger partial charge in [0.05, 0.1) is 0 Å². The van der Waals surface area contributed by atoms with Crippen LogP contribution in [-0.2, 0) is 0 Å². The van der Waals surface area contributed by atoms with Gasteiger partial charge in [-0.2, -0.15) is 0 Å². The molecule has 1 N–H and O–H groups in total. The number of nitrogens with zero attached hydrogens (tertiary/aromatic N) is 3. The molecule has 0 aliphatic carbocycles. The highest BCUT2D eigenvalue weighted by atomic mass is 16.5. The number of carbonyl (C=O) groups excluding carboxylic acids is 1. The van der Waals surface area contributed by atoms with Gasteiger partial charge in [0.1, 0.15) is 28.2 Å². The van der Waals surface area contributed by atoms with E-state index >= 15 is 0 Å². The molecule has 0 aliphatic heterocycles. The van der Waals surface area contributed by atoms with Gasteiger partial charge in [-0.15, -0.1) is 15.0 Å². The Morgan fingerprint density at radius 2 is 1.52 bits per heavy atom. The van der Waals surface area contributed by atoms with E-state index < -0.39 is 0 Å². The number of phenolic OH excluding ortho intramolecular Hbond substituents is 1. The highest BCUT2D eigenvalue weighted by Crippen LogP contribution is 2.35. The van der Waals surface area contributed by atoms with Crippen LogP contribution in [0.3, 0.4) is 0 Å². The van der Waals surface area contributed by atoms with Gasteiger partial charge >= 0.3 is 0 Å². The lowest BCUT2D eigenvalue weighted by Gasteiger charge is -2.17. The van der Waals surface area contributed by atoms with Crippen molar-refractivity contribution in [3.63, 3.8) is 0 Å². The van der Waals surface area contributed by atoms with Gasteiger partial charge in [0.15, 0.2) is 12.4 Å². The topological polar surface area (TPSA) is 77.2 Å². The number of ether oxygens (including phenoxy) is 1. The van der Waals surface area contributed by atoms with Crippen LogP contribution in [0.2, 0.25) is 0 Å². The number of carbonyl (C=O) groups is 1. The summed E-state index contributed by atoms with van der Waals surface area (Å²) in [5, 5.41) is 19.7. The summed E-state index contributed by atoms with van der Waals surface area (Å²) < 4.78 is 5.98. The minimum absolute atomic E-state index is 0.0971. The Kier molecular flexibility index (Phi) is 6.18. The summed E-state index contributed by atoms with van der Waals surface area (Å²) in [5.74, 6) is 0.847. The van der Waals surface area contributed by atoms with Crippen molar-refractivity contribution in [3.05, 3.63) is 76.9 Å². The second-order valence-electron chi connectivity index (χ2n) is 8.97. The van der Waals surface area contributed by atoms with Crippen LogP contribution in [0.4, 0.5) is 0 Å². The van der Waals surface area contributed by atoms with E-state index in [-0.39, 0.29) is 30.0 Å². The van der Waals surface area contributed by atoms with Crippen molar-refractivity contribution in [2.45, 2.75) is 46.5 Å². The van der Waals surface area contributed by atoms with Crippen LogP contribution < -0.4 is 4.74 Å². The molecule has 3 aromatic carbocycles. The molecule has 0 saturated heterocycles. The molecule has 0 amide bonds. The molecule has 1 aromatic heterocycles. The van der Waals surface area contributed by atoms with Gasteiger partial charge in [-0.1, -0.05) is 45.9 Å². The molecule has 0 fully saturated rings. The molecular weight excluding hydrogens is 414 g/mol. The number of hydrogen-bond donors (Lipinski definition) is 1. The van der Waals surface area contributed by atoms with Crippen LogP contribution >= 0.6 is 0 Å². The average molecular weight is 444 g/mol. The maximum atomic E-state index is 13.1. The monoisotopic (exact) mass is 443 g/mol. The van der Waals surface area contributed by atoms with E-state index in [4.69, 9.17) is 4.74 Å². The van der Waals surface area contributed by atoms with Crippen molar-refractivity contribution in [3.8, 4) is 17.2 Å². The number of Topliss-reactive ketones (excluding diaryl/α,β-unsaturated/α-hetero) is 1. The predicted octanol–water partition coefficient (Wildman–Crippen LogP) is 5.94. The van der Waals surface area contributed by atoms with Crippen LogP contribution in [0.1, 0.15) is 66.6 Å². The summed E-state index contributed by atoms with van der Waals surface area (Å²) in [6.45, 7) is 9.87. The zero-order chi connectivity index (χ0) is 23.7. The van der Waals surface area contributed by atoms with Crippen LogP contribution in [0.25, 0.3) is 16.7 Å².